The second-order valence-electron chi connectivity index (χ2n) is 4.33. The fraction of sp³-hybridized carbons (Fsp3) is 0.800. The molecule has 0 amide bonds. The highest BCUT2D eigenvalue weighted by molar-refractivity contribution is 5.16. The minimum atomic E-state index is 0.0277. The van der Waals surface area contributed by atoms with Crippen molar-refractivity contribution in [3.63, 3.8) is 0 Å². The average molecular weight is 150 g/mol. The molecule has 3 aliphatic rings. The zero-order chi connectivity index (χ0) is 7.42. The Kier molecular flexibility index (Phi) is 1.07. The predicted octanol–water partition coefficient (Wildman–Crippen LogP) is 1.58. The summed E-state index contributed by atoms with van der Waals surface area (Å²) >= 11 is 0. The molecule has 0 radical (unpaired) electrons. The Morgan fingerprint density at radius 3 is 2.73 bits per heavy atom. The summed E-state index contributed by atoms with van der Waals surface area (Å²) in [6.07, 6.45) is 8.41. The summed E-state index contributed by atoms with van der Waals surface area (Å²) in [6.45, 7) is 0. The molecule has 2 saturated carbocycles. The molecule has 0 aromatic heterocycles. The van der Waals surface area contributed by atoms with Crippen molar-refractivity contribution in [1.29, 1.82) is 0 Å². The fourth-order valence-corrected chi connectivity index (χ4v) is 3.50. The quantitative estimate of drug-likeness (QED) is 0.520. The molecule has 11 heavy (non-hydrogen) atoms. The van der Waals surface area contributed by atoms with Crippen LogP contribution in [0.5, 0.6) is 0 Å². The van der Waals surface area contributed by atoms with Crippen LogP contribution in [-0.4, -0.2) is 11.2 Å². The molecule has 2 fully saturated rings. The van der Waals surface area contributed by atoms with Gasteiger partial charge in [0.2, 0.25) is 0 Å². The van der Waals surface area contributed by atoms with Crippen molar-refractivity contribution in [2.45, 2.75) is 25.4 Å². The lowest BCUT2D eigenvalue weighted by Gasteiger charge is -2.22. The third-order valence-electron chi connectivity index (χ3n) is 3.93. The normalized spacial score (nSPS) is 58.8. The molecule has 1 N–H and O–H groups in total. The van der Waals surface area contributed by atoms with Gasteiger partial charge in [0.15, 0.2) is 0 Å². The largest absolute Gasteiger partial charge is 0.393 e. The van der Waals surface area contributed by atoms with Crippen LogP contribution in [0.25, 0.3) is 0 Å². The molecule has 5 unspecified atom stereocenters. The highest BCUT2D eigenvalue weighted by atomic mass is 16.3. The molecule has 5 atom stereocenters. The van der Waals surface area contributed by atoms with Crippen molar-refractivity contribution >= 4 is 0 Å². The first-order chi connectivity index (χ1) is 5.36. The molecule has 3 rings (SSSR count). The first kappa shape index (κ1) is 6.24. The van der Waals surface area contributed by atoms with E-state index in [4.69, 9.17) is 0 Å². The molecule has 60 valence electrons. The Morgan fingerprint density at radius 1 is 1.09 bits per heavy atom. The second-order valence-corrected chi connectivity index (χ2v) is 4.33. The van der Waals surface area contributed by atoms with E-state index in [0.29, 0.717) is 5.92 Å². The van der Waals surface area contributed by atoms with E-state index in [2.05, 4.69) is 12.2 Å². The molecule has 1 nitrogen and oxygen atoms in total. The Hall–Kier alpha value is -0.300. The van der Waals surface area contributed by atoms with E-state index in [9.17, 15) is 5.11 Å². The minimum absolute atomic E-state index is 0.0277. The Bertz CT molecular complexity index is 209. The van der Waals surface area contributed by atoms with Crippen molar-refractivity contribution in [3.8, 4) is 0 Å². The van der Waals surface area contributed by atoms with Gasteiger partial charge in [-0.1, -0.05) is 12.2 Å². The predicted molar refractivity (Wildman–Crippen MR) is 43.0 cm³/mol. The van der Waals surface area contributed by atoms with Crippen LogP contribution in [0.1, 0.15) is 19.3 Å². The van der Waals surface area contributed by atoms with Gasteiger partial charge in [-0.05, 0) is 42.9 Å². The van der Waals surface area contributed by atoms with Crippen molar-refractivity contribution in [2.24, 2.45) is 23.7 Å². The van der Waals surface area contributed by atoms with Gasteiger partial charge >= 0.3 is 0 Å². The highest BCUT2D eigenvalue weighted by Crippen LogP contribution is 2.55. The van der Waals surface area contributed by atoms with Crippen molar-refractivity contribution in [3.05, 3.63) is 12.2 Å². The van der Waals surface area contributed by atoms with Gasteiger partial charge in [-0.15, -0.1) is 0 Å². The zero-order valence-electron chi connectivity index (χ0n) is 6.61. The Morgan fingerprint density at radius 2 is 1.91 bits per heavy atom. The van der Waals surface area contributed by atoms with Crippen LogP contribution in [0.3, 0.4) is 0 Å². The lowest BCUT2D eigenvalue weighted by Crippen LogP contribution is -2.22. The molecule has 0 spiro atoms. The first-order valence-electron chi connectivity index (χ1n) is 4.72. The van der Waals surface area contributed by atoms with Gasteiger partial charge < -0.3 is 5.11 Å². The highest BCUT2D eigenvalue weighted by Gasteiger charge is 2.50. The number of allylic oxidation sites excluding steroid dienone is 2. The van der Waals surface area contributed by atoms with E-state index in [-0.39, 0.29) is 6.10 Å². The van der Waals surface area contributed by atoms with E-state index in [1.54, 1.807) is 0 Å². The summed E-state index contributed by atoms with van der Waals surface area (Å²) in [4.78, 5) is 0. The van der Waals surface area contributed by atoms with Gasteiger partial charge in [0.25, 0.3) is 0 Å². The maximum absolute atomic E-state index is 9.69. The van der Waals surface area contributed by atoms with Gasteiger partial charge in [-0.25, -0.2) is 0 Å². The van der Waals surface area contributed by atoms with Crippen LogP contribution in [-0.2, 0) is 0 Å². The molecule has 0 saturated heterocycles. The van der Waals surface area contributed by atoms with Crippen LogP contribution in [0, 0.1) is 23.7 Å². The van der Waals surface area contributed by atoms with Gasteiger partial charge in [-0.3, -0.25) is 0 Å². The van der Waals surface area contributed by atoms with E-state index >= 15 is 0 Å². The third kappa shape index (κ3) is 0.652. The zero-order valence-corrected chi connectivity index (χ0v) is 6.61. The van der Waals surface area contributed by atoms with Gasteiger partial charge in [-0.2, -0.15) is 0 Å². The second kappa shape index (κ2) is 1.89. The summed E-state index contributed by atoms with van der Waals surface area (Å²) in [6, 6.07) is 0. The summed E-state index contributed by atoms with van der Waals surface area (Å²) in [7, 11) is 0. The smallest absolute Gasteiger partial charge is 0.0577 e. The number of fused-ring (bicyclic) bond motifs is 5. The lowest BCUT2D eigenvalue weighted by molar-refractivity contribution is 0.108. The summed E-state index contributed by atoms with van der Waals surface area (Å²) in [5.41, 5.74) is 0. The van der Waals surface area contributed by atoms with Gasteiger partial charge in [0, 0.05) is 0 Å². The number of hydrogen-bond acceptors (Lipinski definition) is 1. The number of hydrogen-bond donors (Lipinski definition) is 1. The number of aliphatic hydroxyl groups is 1. The molecule has 0 aromatic rings. The maximum Gasteiger partial charge on any atom is 0.0577 e. The Labute approximate surface area is 67.1 Å². The number of rotatable bonds is 0. The average Bonchev–Trinajstić information content (AvgIpc) is 2.60. The fourth-order valence-electron chi connectivity index (χ4n) is 3.50. The van der Waals surface area contributed by atoms with Gasteiger partial charge in [0.05, 0.1) is 6.10 Å². The van der Waals surface area contributed by atoms with Crippen LogP contribution >= 0.6 is 0 Å². The van der Waals surface area contributed by atoms with E-state index in [0.717, 1.165) is 24.2 Å². The minimum Gasteiger partial charge on any atom is -0.393 e. The molecule has 0 heterocycles. The molecular formula is C10H14O. The first-order valence-corrected chi connectivity index (χ1v) is 4.72. The van der Waals surface area contributed by atoms with Crippen LogP contribution in [0.15, 0.2) is 12.2 Å². The monoisotopic (exact) mass is 150 g/mol. The SMILES string of the molecule is OC1CCC2C3C=CC(C3)C12. The summed E-state index contributed by atoms with van der Waals surface area (Å²) in [5, 5.41) is 9.69. The third-order valence-corrected chi connectivity index (χ3v) is 3.93. The van der Waals surface area contributed by atoms with Crippen molar-refractivity contribution < 1.29 is 5.11 Å². The van der Waals surface area contributed by atoms with Crippen molar-refractivity contribution in [2.75, 3.05) is 0 Å². The molecule has 1 heteroatoms. The van der Waals surface area contributed by atoms with Crippen LogP contribution in [0.2, 0.25) is 0 Å². The molecule has 0 aliphatic heterocycles. The number of aliphatic hydroxyl groups excluding tert-OH is 1. The van der Waals surface area contributed by atoms with E-state index in [1.807, 2.05) is 0 Å². The summed E-state index contributed by atoms with van der Waals surface area (Å²) < 4.78 is 0. The molecular weight excluding hydrogens is 136 g/mol. The summed E-state index contributed by atoms with van der Waals surface area (Å²) in [5.74, 6) is 3.06. The molecule has 2 bridgehead atoms. The van der Waals surface area contributed by atoms with E-state index < -0.39 is 0 Å². The van der Waals surface area contributed by atoms with Crippen LogP contribution < -0.4 is 0 Å². The van der Waals surface area contributed by atoms with Gasteiger partial charge in [0.1, 0.15) is 0 Å². The standard InChI is InChI=1S/C10H14O/c11-9-4-3-8-6-1-2-7(5-6)10(8)9/h1-2,6-11H,3-5H2. The molecule has 3 aliphatic carbocycles. The lowest BCUT2D eigenvalue weighted by atomic mass is 9.85. The van der Waals surface area contributed by atoms with Crippen LogP contribution in [0.4, 0.5) is 0 Å². The van der Waals surface area contributed by atoms with E-state index in [1.165, 1.54) is 12.8 Å². The Balaban J connectivity index is 1.97. The maximum atomic E-state index is 9.69. The topological polar surface area (TPSA) is 20.2 Å². The van der Waals surface area contributed by atoms with Crippen molar-refractivity contribution in [1.82, 2.24) is 0 Å². The molecule has 0 aromatic carbocycles.